The molecule has 1 aromatic heterocycles. The van der Waals surface area contributed by atoms with Crippen LogP contribution in [0.4, 0.5) is 4.79 Å². The number of amides is 1. The van der Waals surface area contributed by atoms with Crippen LogP contribution in [0.1, 0.15) is 33.4 Å². The number of hydrogen-bond acceptors (Lipinski definition) is 6. The number of piperazine rings is 1. The fraction of sp³-hybridized carbons (Fsp3) is 0.722. The summed E-state index contributed by atoms with van der Waals surface area (Å²) < 4.78 is 10.1. The average Bonchev–Trinajstić information content (AvgIpc) is 3.10. The Labute approximate surface area is 184 Å². The molecule has 0 saturated carbocycles. The summed E-state index contributed by atoms with van der Waals surface area (Å²) in [7, 11) is 0. The number of halogens is 1. The number of hydrogen-bond donors (Lipinski definition) is 2. The van der Waals surface area contributed by atoms with Gasteiger partial charge >= 0.3 is 6.09 Å². The van der Waals surface area contributed by atoms with Crippen LogP contribution in [0.5, 0.6) is 0 Å². The number of nitrogens with one attached hydrogen (secondary N) is 2. The van der Waals surface area contributed by atoms with E-state index >= 15 is 0 Å². The number of aliphatic imine (C=N–C) groups is 1. The number of nitrogens with zero attached hydrogens (tertiary/aromatic N) is 4. The SMILES string of the molecule is CCNC(=NCCNC(=O)OC(C)(C)C)N1CCN(Cc2ccon2)CC1.I. The molecule has 1 amide bonds. The third-order valence-electron chi connectivity index (χ3n) is 3.93. The van der Waals surface area contributed by atoms with Gasteiger partial charge in [0.2, 0.25) is 0 Å². The van der Waals surface area contributed by atoms with Crippen LogP contribution in [0, 0.1) is 0 Å². The molecule has 1 fully saturated rings. The highest BCUT2D eigenvalue weighted by Crippen LogP contribution is 2.08. The second-order valence-corrected chi connectivity index (χ2v) is 7.42. The van der Waals surface area contributed by atoms with Crippen LogP contribution in [0.15, 0.2) is 21.8 Å². The Balaban J connectivity index is 0.00000392. The van der Waals surface area contributed by atoms with Crippen LogP contribution in [0.25, 0.3) is 0 Å². The van der Waals surface area contributed by atoms with Gasteiger partial charge in [-0.15, -0.1) is 24.0 Å². The lowest BCUT2D eigenvalue weighted by Crippen LogP contribution is -2.52. The number of alkyl carbamates (subject to hydrolysis) is 1. The highest BCUT2D eigenvalue weighted by molar-refractivity contribution is 14.0. The van der Waals surface area contributed by atoms with Gasteiger partial charge in [0.15, 0.2) is 5.96 Å². The standard InChI is InChI=1S/C18H32N6O3.HI/c1-5-19-16(20-7-8-21-17(25)27-18(2,3)4)24-11-9-23(10-12-24)14-15-6-13-26-22-15;/h6,13H,5,7-12,14H2,1-4H3,(H,19,20)(H,21,25);1H. The molecule has 160 valence electrons. The van der Waals surface area contributed by atoms with Crippen molar-refractivity contribution in [2.75, 3.05) is 45.8 Å². The molecule has 2 heterocycles. The van der Waals surface area contributed by atoms with Crippen LogP contribution in [-0.4, -0.2) is 78.4 Å². The monoisotopic (exact) mass is 508 g/mol. The molecule has 0 atom stereocenters. The Morgan fingerprint density at radius 2 is 2.00 bits per heavy atom. The van der Waals surface area contributed by atoms with E-state index in [-0.39, 0.29) is 24.0 Å². The first-order valence-corrected chi connectivity index (χ1v) is 9.49. The second-order valence-electron chi connectivity index (χ2n) is 7.42. The van der Waals surface area contributed by atoms with E-state index in [0.29, 0.717) is 13.1 Å². The summed E-state index contributed by atoms with van der Waals surface area (Å²) in [5.74, 6) is 0.879. The summed E-state index contributed by atoms with van der Waals surface area (Å²) in [5.41, 5.74) is 0.464. The predicted octanol–water partition coefficient (Wildman–Crippen LogP) is 1.90. The Morgan fingerprint density at radius 3 is 2.57 bits per heavy atom. The van der Waals surface area contributed by atoms with Crippen LogP contribution < -0.4 is 10.6 Å². The minimum Gasteiger partial charge on any atom is -0.444 e. The van der Waals surface area contributed by atoms with E-state index in [1.807, 2.05) is 26.8 Å². The van der Waals surface area contributed by atoms with E-state index in [2.05, 4.69) is 37.5 Å². The van der Waals surface area contributed by atoms with Gasteiger partial charge in [0.05, 0.1) is 12.2 Å². The number of rotatable bonds is 6. The van der Waals surface area contributed by atoms with E-state index in [1.54, 1.807) is 6.26 Å². The summed E-state index contributed by atoms with van der Waals surface area (Å²) in [6.07, 6.45) is 1.19. The van der Waals surface area contributed by atoms with E-state index in [4.69, 9.17) is 9.26 Å². The molecule has 1 aromatic rings. The lowest BCUT2D eigenvalue weighted by molar-refractivity contribution is 0.0529. The molecule has 1 aliphatic heterocycles. The number of carbonyl (C=O) groups is 1. The first kappa shape index (κ1) is 24.5. The van der Waals surface area contributed by atoms with Gasteiger partial charge in [-0.1, -0.05) is 5.16 Å². The molecule has 10 heteroatoms. The number of guanidine groups is 1. The van der Waals surface area contributed by atoms with E-state index in [0.717, 1.165) is 50.9 Å². The zero-order chi connectivity index (χ0) is 19.7. The maximum absolute atomic E-state index is 11.7. The molecule has 1 saturated heterocycles. The Morgan fingerprint density at radius 1 is 1.29 bits per heavy atom. The molecule has 0 radical (unpaired) electrons. The van der Waals surface area contributed by atoms with Crippen LogP contribution in [-0.2, 0) is 11.3 Å². The van der Waals surface area contributed by atoms with Crippen molar-refractivity contribution in [1.82, 2.24) is 25.6 Å². The summed E-state index contributed by atoms with van der Waals surface area (Å²) in [6, 6.07) is 1.90. The molecule has 0 aliphatic carbocycles. The van der Waals surface area contributed by atoms with Gasteiger partial charge in [-0.3, -0.25) is 9.89 Å². The van der Waals surface area contributed by atoms with Gasteiger partial charge in [-0.25, -0.2) is 4.79 Å². The van der Waals surface area contributed by atoms with Crippen LogP contribution in [0.2, 0.25) is 0 Å². The zero-order valence-corrected chi connectivity index (χ0v) is 19.6. The highest BCUT2D eigenvalue weighted by Gasteiger charge is 2.20. The van der Waals surface area contributed by atoms with Crippen molar-refractivity contribution in [2.24, 2.45) is 4.99 Å². The molecule has 9 nitrogen and oxygen atoms in total. The minimum atomic E-state index is -0.492. The summed E-state index contributed by atoms with van der Waals surface area (Å²) in [4.78, 5) is 20.9. The lowest BCUT2D eigenvalue weighted by atomic mass is 10.2. The van der Waals surface area contributed by atoms with Gasteiger partial charge < -0.3 is 24.8 Å². The Bertz CT molecular complexity index is 595. The molecular formula is C18H33IN6O3. The van der Waals surface area contributed by atoms with Crippen molar-refractivity contribution in [2.45, 2.75) is 39.8 Å². The maximum atomic E-state index is 11.7. The fourth-order valence-electron chi connectivity index (χ4n) is 2.73. The van der Waals surface area contributed by atoms with Crippen molar-refractivity contribution >= 4 is 36.0 Å². The van der Waals surface area contributed by atoms with Gasteiger partial charge in [0.25, 0.3) is 0 Å². The maximum Gasteiger partial charge on any atom is 0.407 e. The fourth-order valence-corrected chi connectivity index (χ4v) is 2.73. The summed E-state index contributed by atoms with van der Waals surface area (Å²) in [6.45, 7) is 13.8. The van der Waals surface area contributed by atoms with Crippen molar-refractivity contribution in [3.63, 3.8) is 0 Å². The normalized spacial score (nSPS) is 15.7. The number of aromatic nitrogens is 1. The second kappa shape index (κ2) is 12.1. The van der Waals surface area contributed by atoms with Gasteiger partial charge in [-0.2, -0.15) is 0 Å². The molecule has 0 bridgehead atoms. The van der Waals surface area contributed by atoms with Gasteiger partial charge in [0.1, 0.15) is 11.9 Å². The van der Waals surface area contributed by atoms with E-state index in [1.165, 1.54) is 0 Å². The van der Waals surface area contributed by atoms with E-state index in [9.17, 15) is 4.79 Å². The third kappa shape index (κ3) is 9.09. The molecular weight excluding hydrogens is 475 g/mol. The first-order valence-electron chi connectivity index (χ1n) is 9.49. The van der Waals surface area contributed by atoms with Crippen LogP contribution in [0.3, 0.4) is 0 Å². The van der Waals surface area contributed by atoms with E-state index < -0.39 is 11.7 Å². The lowest BCUT2D eigenvalue weighted by Gasteiger charge is -2.36. The Hall–Kier alpha value is -1.56. The molecule has 1 aliphatic rings. The summed E-state index contributed by atoms with van der Waals surface area (Å²) >= 11 is 0. The third-order valence-corrected chi connectivity index (χ3v) is 3.93. The molecule has 2 N–H and O–H groups in total. The van der Waals surface area contributed by atoms with Crippen molar-refractivity contribution < 1.29 is 14.1 Å². The molecule has 0 unspecified atom stereocenters. The smallest absolute Gasteiger partial charge is 0.407 e. The van der Waals surface area contributed by atoms with Crippen molar-refractivity contribution in [1.29, 1.82) is 0 Å². The molecule has 28 heavy (non-hydrogen) atoms. The topological polar surface area (TPSA) is 95.2 Å². The molecule has 2 rings (SSSR count). The van der Waals surface area contributed by atoms with Gasteiger partial charge in [-0.05, 0) is 27.7 Å². The minimum absolute atomic E-state index is 0. The predicted molar refractivity (Wildman–Crippen MR) is 119 cm³/mol. The van der Waals surface area contributed by atoms with Crippen molar-refractivity contribution in [3.8, 4) is 0 Å². The number of ether oxygens (including phenoxy) is 1. The largest absolute Gasteiger partial charge is 0.444 e. The number of carbonyl (C=O) groups excluding carboxylic acids is 1. The van der Waals surface area contributed by atoms with Crippen LogP contribution >= 0.6 is 24.0 Å². The van der Waals surface area contributed by atoms with Crippen molar-refractivity contribution in [3.05, 3.63) is 18.0 Å². The summed E-state index contributed by atoms with van der Waals surface area (Å²) in [5, 5.41) is 10.0. The first-order chi connectivity index (χ1) is 12.9. The zero-order valence-electron chi connectivity index (χ0n) is 17.2. The highest BCUT2D eigenvalue weighted by atomic mass is 127. The molecule has 0 aromatic carbocycles. The van der Waals surface area contributed by atoms with Gasteiger partial charge in [0, 0.05) is 51.9 Å². The Kier molecular flexibility index (Phi) is 10.6. The quantitative estimate of drug-likeness (QED) is 0.262. The average molecular weight is 508 g/mol. The molecule has 0 spiro atoms.